The topological polar surface area (TPSA) is 104 Å². The number of benzene rings is 2. The van der Waals surface area contributed by atoms with E-state index >= 15 is 0 Å². The Morgan fingerprint density at radius 1 is 1.07 bits per heavy atom. The van der Waals surface area contributed by atoms with Gasteiger partial charge in [-0.1, -0.05) is 30.2 Å². The van der Waals surface area contributed by atoms with Crippen molar-refractivity contribution in [3.05, 3.63) is 76.5 Å². The molecular weight excluding hydrogens is 544 g/mol. The molecule has 2 N–H and O–H groups in total. The lowest BCUT2D eigenvalue weighted by Crippen LogP contribution is -2.49. The van der Waals surface area contributed by atoms with Crippen LogP contribution in [0.3, 0.4) is 0 Å². The fourth-order valence-corrected chi connectivity index (χ4v) is 6.71. The second kappa shape index (κ2) is 13.2. The number of hydrogen-bond donors (Lipinski definition) is 2. The van der Waals surface area contributed by atoms with Crippen molar-refractivity contribution >= 4 is 27.0 Å². The Labute approximate surface area is 250 Å². The summed E-state index contributed by atoms with van der Waals surface area (Å²) in [6.07, 6.45) is 12.2. The molecule has 2 aromatic rings. The number of piperazine rings is 1. The third kappa shape index (κ3) is 6.80. The van der Waals surface area contributed by atoms with Crippen LogP contribution < -0.4 is 10.2 Å². The smallest absolute Gasteiger partial charge is 0.254 e. The number of anilines is 2. The molecule has 0 bridgehead atoms. The fraction of sp³-hybridized carbons (Fsp3) is 0.394. The van der Waals surface area contributed by atoms with Crippen LogP contribution in [-0.4, -0.2) is 71.5 Å². The Balaban J connectivity index is 1.42. The van der Waals surface area contributed by atoms with E-state index in [9.17, 15) is 14.3 Å². The molecule has 0 radical (unpaired) electrons. The van der Waals surface area contributed by atoms with Crippen LogP contribution in [0.5, 0.6) is 0 Å². The highest BCUT2D eigenvalue weighted by Gasteiger charge is 2.27. The van der Waals surface area contributed by atoms with Gasteiger partial charge < -0.3 is 20.0 Å². The number of amides is 1. The van der Waals surface area contributed by atoms with E-state index in [2.05, 4.69) is 40.1 Å². The molecule has 9 heteroatoms. The highest BCUT2D eigenvalue weighted by atomic mass is 32.2. The number of hydrogen-bond acceptors (Lipinski definition) is 7. The Morgan fingerprint density at radius 2 is 1.74 bits per heavy atom. The zero-order valence-electron chi connectivity index (χ0n) is 24.9. The minimum absolute atomic E-state index is 0.0116. The number of nitriles is 1. The standard InChI is InChI=1S/C33H40N6O2S/c1-6-10-30(26(7-2)23-34)37-15-13-27(14-16-37)36-29-22-28(24(3)21-25(29)4)33(40)39-19-17-38(18-20-39)31-11-8-9-12-32(31)42(5,35)41/h1,7-12,21-22,27,35-36H,13-20H2,2-5H3/b26-7-,30-10+. The van der Waals surface area contributed by atoms with Crippen LogP contribution in [0.15, 0.2) is 64.7 Å². The lowest BCUT2D eigenvalue weighted by molar-refractivity contribution is 0.0746. The summed E-state index contributed by atoms with van der Waals surface area (Å²) >= 11 is 0. The summed E-state index contributed by atoms with van der Waals surface area (Å²) in [6, 6.07) is 13.9. The first-order valence-electron chi connectivity index (χ1n) is 14.3. The summed E-state index contributed by atoms with van der Waals surface area (Å²) in [4.78, 5) is 20.4. The Hall–Kier alpha value is -4.21. The van der Waals surface area contributed by atoms with E-state index in [4.69, 9.17) is 11.2 Å². The van der Waals surface area contributed by atoms with Crippen molar-refractivity contribution in [3.63, 3.8) is 0 Å². The van der Waals surface area contributed by atoms with E-state index in [0.29, 0.717) is 42.2 Å². The van der Waals surface area contributed by atoms with Gasteiger partial charge in [0.25, 0.3) is 5.91 Å². The fourth-order valence-electron chi connectivity index (χ4n) is 5.78. The highest BCUT2D eigenvalue weighted by molar-refractivity contribution is 7.91. The number of terminal acetylenes is 1. The molecule has 4 rings (SSSR count). The molecule has 1 unspecified atom stereocenters. The average Bonchev–Trinajstić information content (AvgIpc) is 2.98. The molecule has 0 aliphatic carbocycles. The number of aryl methyl sites for hydroxylation is 2. The third-order valence-electron chi connectivity index (χ3n) is 8.09. The van der Waals surface area contributed by atoms with E-state index in [1.807, 2.05) is 43.0 Å². The van der Waals surface area contributed by atoms with Gasteiger partial charge >= 0.3 is 0 Å². The van der Waals surface area contributed by atoms with Crippen LogP contribution >= 0.6 is 0 Å². The first-order valence-corrected chi connectivity index (χ1v) is 16.3. The number of nitrogens with one attached hydrogen (secondary N) is 2. The molecule has 1 atom stereocenters. The molecule has 8 nitrogen and oxygen atoms in total. The Kier molecular flexibility index (Phi) is 9.65. The van der Waals surface area contributed by atoms with Crippen LogP contribution in [0, 0.1) is 42.3 Å². The number of piperidine rings is 1. The summed E-state index contributed by atoms with van der Waals surface area (Å²) in [5, 5.41) is 13.2. The van der Waals surface area contributed by atoms with Gasteiger partial charge in [0.05, 0.1) is 31.6 Å². The number of rotatable bonds is 7. The third-order valence-corrected chi connectivity index (χ3v) is 9.28. The van der Waals surface area contributed by atoms with Crippen LogP contribution in [0.2, 0.25) is 0 Å². The van der Waals surface area contributed by atoms with Crippen LogP contribution in [0.4, 0.5) is 11.4 Å². The minimum atomic E-state index is -2.86. The average molecular weight is 585 g/mol. The van der Waals surface area contributed by atoms with Crippen LogP contribution in [0.25, 0.3) is 0 Å². The van der Waals surface area contributed by atoms with Gasteiger partial charge in [-0.25, -0.2) is 8.99 Å². The van der Waals surface area contributed by atoms with Gasteiger partial charge in [0.15, 0.2) is 0 Å². The second-order valence-electron chi connectivity index (χ2n) is 11.0. The van der Waals surface area contributed by atoms with E-state index in [1.54, 1.807) is 18.2 Å². The van der Waals surface area contributed by atoms with E-state index < -0.39 is 9.73 Å². The summed E-state index contributed by atoms with van der Waals surface area (Å²) in [5.74, 6) is 2.58. The zero-order valence-corrected chi connectivity index (χ0v) is 25.8. The summed E-state index contributed by atoms with van der Waals surface area (Å²) < 4.78 is 20.6. The lowest BCUT2D eigenvalue weighted by Gasteiger charge is -2.37. The van der Waals surface area contributed by atoms with Crippen molar-refractivity contribution in [1.29, 1.82) is 10.0 Å². The van der Waals surface area contributed by atoms with Crippen molar-refractivity contribution in [2.45, 2.75) is 44.6 Å². The quantitative estimate of drug-likeness (QED) is 0.265. The molecule has 0 saturated carbocycles. The number of likely N-dealkylation sites (tertiary alicyclic amines) is 1. The van der Waals surface area contributed by atoms with Crippen molar-refractivity contribution in [3.8, 4) is 18.4 Å². The molecule has 2 aliphatic heterocycles. The molecule has 0 spiro atoms. The van der Waals surface area contributed by atoms with Crippen molar-refractivity contribution in [2.75, 3.05) is 55.7 Å². The number of carbonyl (C=O) groups excluding carboxylic acids is 1. The monoisotopic (exact) mass is 584 g/mol. The maximum absolute atomic E-state index is 13.7. The summed E-state index contributed by atoms with van der Waals surface area (Å²) in [6.45, 7) is 9.78. The first kappa shape index (κ1) is 30.7. The summed E-state index contributed by atoms with van der Waals surface area (Å²) in [5.41, 5.74) is 5.91. The van der Waals surface area contributed by atoms with Crippen molar-refractivity contribution in [2.24, 2.45) is 0 Å². The Morgan fingerprint density at radius 3 is 2.33 bits per heavy atom. The molecule has 2 saturated heterocycles. The summed E-state index contributed by atoms with van der Waals surface area (Å²) in [7, 11) is -2.86. The second-order valence-corrected chi connectivity index (χ2v) is 13.1. The molecule has 0 aromatic heterocycles. The van der Waals surface area contributed by atoms with Crippen molar-refractivity contribution < 1.29 is 9.00 Å². The number of allylic oxidation sites excluding steroid dienone is 3. The lowest BCUT2D eigenvalue weighted by atomic mass is 9.99. The molecule has 2 aliphatic rings. The predicted molar refractivity (Wildman–Crippen MR) is 170 cm³/mol. The number of para-hydroxylation sites is 1. The van der Waals surface area contributed by atoms with Gasteiger partial charge in [0, 0.05) is 68.9 Å². The normalized spacial score (nSPS) is 18.2. The van der Waals surface area contributed by atoms with E-state index in [1.165, 1.54) is 6.26 Å². The van der Waals surface area contributed by atoms with Gasteiger partial charge in [-0.3, -0.25) is 4.79 Å². The van der Waals surface area contributed by atoms with E-state index in [0.717, 1.165) is 54.1 Å². The maximum Gasteiger partial charge on any atom is 0.254 e. The molecular formula is C33H40N6O2S. The van der Waals surface area contributed by atoms with Gasteiger partial charge in [-0.05, 0) is 62.9 Å². The van der Waals surface area contributed by atoms with Crippen molar-refractivity contribution in [1.82, 2.24) is 9.80 Å². The van der Waals surface area contributed by atoms with Gasteiger partial charge in [0.2, 0.25) is 0 Å². The molecule has 220 valence electrons. The van der Waals surface area contributed by atoms with Gasteiger partial charge in [-0.15, -0.1) is 6.42 Å². The molecule has 2 heterocycles. The van der Waals surface area contributed by atoms with Crippen LogP contribution in [0.1, 0.15) is 41.3 Å². The molecule has 2 fully saturated rings. The number of carbonyl (C=O) groups is 1. The molecule has 42 heavy (non-hydrogen) atoms. The molecule has 2 aromatic carbocycles. The molecule has 1 amide bonds. The van der Waals surface area contributed by atoms with Gasteiger partial charge in [-0.2, -0.15) is 5.26 Å². The van der Waals surface area contributed by atoms with Crippen LogP contribution in [-0.2, 0) is 9.73 Å². The zero-order chi connectivity index (χ0) is 30.4. The number of nitrogens with zero attached hydrogens (tertiary/aromatic N) is 4. The largest absolute Gasteiger partial charge is 0.382 e. The predicted octanol–water partition coefficient (Wildman–Crippen LogP) is 5.16. The van der Waals surface area contributed by atoms with Gasteiger partial charge in [0.1, 0.15) is 6.07 Å². The van der Waals surface area contributed by atoms with E-state index in [-0.39, 0.29) is 11.9 Å². The minimum Gasteiger partial charge on any atom is -0.382 e. The maximum atomic E-state index is 13.7. The SMILES string of the molecule is C#C/C=C(\C(C#N)=C/C)N1CCC(Nc2cc(C(=O)N3CCN(c4ccccc4S(C)(=N)=O)CC3)c(C)cc2C)CC1. The Bertz CT molecular complexity index is 1580. The highest BCUT2D eigenvalue weighted by Crippen LogP contribution is 2.29. The first-order chi connectivity index (χ1) is 20.1.